The number of anilines is 1. The molecule has 0 unspecified atom stereocenters. The number of carbonyl (C=O) groups is 2. The maximum atomic E-state index is 12.8. The first-order chi connectivity index (χ1) is 12.8. The third kappa shape index (κ3) is 4.44. The van der Waals surface area contributed by atoms with Gasteiger partial charge in [0.25, 0.3) is 5.91 Å². The van der Waals surface area contributed by atoms with Crippen molar-refractivity contribution in [3.8, 4) is 0 Å². The van der Waals surface area contributed by atoms with Crippen LogP contribution >= 0.6 is 11.6 Å². The molecule has 148 valence electrons. The number of halogens is 1. The summed E-state index contributed by atoms with van der Waals surface area (Å²) in [6, 6.07) is 4.82. The van der Waals surface area contributed by atoms with Gasteiger partial charge in [0.2, 0.25) is 15.9 Å². The summed E-state index contributed by atoms with van der Waals surface area (Å²) in [5.41, 5.74) is 0.951. The highest BCUT2D eigenvalue weighted by Gasteiger charge is 2.30. The Morgan fingerprint density at radius 3 is 2.56 bits per heavy atom. The standard InChI is InChI=1S/C18H24ClN3O4S/c1-2-27(25,26)21-10-7-14(8-11-21)20-18(24)15-6-5-13(19)12-16(15)22-9-3-4-17(22)23/h5-6,12,14H,2-4,7-11H2,1H3,(H,20,24). The average Bonchev–Trinajstić information content (AvgIpc) is 3.08. The molecule has 2 amide bonds. The normalized spacial score (nSPS) is 19.5. The lowest BCUT2D eigenvalue weighted by Crippen LogP contribution is -2.47. The Morgan fingerprint density at radius 1 is 1.26 bits per heavy atom. The third-order valence-corrected chi connectivity index (χ3v) is 7.23. The maximum Gasteiger partial charge on any atom is 0.253 e. The average molecular weight is 414 g/mol. The van der Waals surface area contributed by atoms with E-state index < -0.39 is 10.0 Å². The fourth-order valence-electron chi connectivity index (χ4n) is 3.55. The molecule has 3 rings (SSSR count). The van der Waals surface area contributed by atoms with Gasteiger partial charge in [-0.3, -0.25) is 9.59 Å². The summed E-state index contributed by atoms with van der Waals surface area (Å²) in [5, 5.41) is 3.45. The van der Waals surface area contributed by atoms with Crippen LogP contribution in [0.25, 0.3) is 0 Å². The van der Waals surface area contributed by atoms with Gasteiger partial charge in [-0.05, 0) is 44.4 Å². The number of nitrogens with one attached hydrogen (secondary N) is 1. The minimum atomic E-state index is -3.19. The molecule has 2 fully saturated rings. The Balaban J connectivity index is 1.70. The molecule has 1 N–H and O–H groups in total. The zero-order chi connectivity index (χ0) is 19.6. The van der Waals surface area contributed by atoms with Crippen LogP contribution in [0.4, 0.5) is 5.69 Å². The van der Waals surface area contributed by atoms with Crippen molar-refractivity contribution in [1.82, 2.24) is 9.62 Å². The molecule has 2 saturated heterocycles. The molecule has 27 heavy (non-hydrogen) atoms. The molecule has 0 bridgehead atoms. The van der Waals surface area contributed by atoms with Crippen molar-refractivity contribution < 1.29 is 18.0 Å². The predicted octanol–water partition coefficient (Wildman–Crippen LogP) is 2.01. The number of amides is 2. The monoisotopic (exact) mass is 413 g/mol. The van der Waals surface area contributed by atoms with E-state index in [-0.39, 0.29) is 23.6 Å². The third-order valence-electron chi connectivity index (χ3n) is 5.12. The first kappa shape index (κ1) is 20.1. The van der Waals surface area contributed by atoms with Gasteiger partial charge in [-0.15, -0.1) is 0 Å². The lowest BCUT2D eigenvalue weighted by atomic mass is 10.1. The van der Waals surface area contributed by atoms with Crippen molar-refractivity contribution >= 4 is 39.1 Å². The molecule has 0 saturated carbocycles. The van der Waals surface area contributed by atoms with Crippen LogP contribution in [-0.4, -0.2) is 56.0 Å². The Kier molecular flexibility index (Phi) is 6.08. The summed E-state index contributed by atoms with van der Waals surface area (Å²) < 4.78 is 25.4. The molecule has 1 aromatic carbocycles. The smallest absolute Gasteiger partial charge is 0.253 e. The van der Waals surface area contributed by atoms with E-state index in [1.807, 2.05) is 0 Å². The topological polar surface area (TPSA) is 86.8 Å². The Labute approximate surface area is 164 Å². The first-order valence-corrected chi connectivity index (χ1v) is 11.2. The van der Waals surface area contributed by atoms with E-state index >= 15 is 0 Å². The molecule has 0 atom stereocenters. The highest BCUT2D eigenvalue weighted by atomic mass is 35.5. The largest absolute Gasteiger partial charge is 0.349 e. The van der Waals surface area contributed by atoms with Gasteiger partial charge < -0.3 is 10.2 Å². The fraction of sp³-hybridized carbons (Fsp3) is 0.556. The van der Waals surface area contributed by atoms with Crippen LogP contribution in [0, 0.1) is 0 Å². The van der Waals surface area contributed by atoms with E-state index in [2.05, 4.69) is 5.32 Å². The van der Waals surface area contributed by atoms with Crippen molar-refractivity contribution in [3.63, 3.8) is 0 Å². The molecule has 0 spiro atoms. The Bertz CT molecular complexity index is 835. The second kappa shape index (κ2) is 8.16. The van der Waals surface area contributed by atoms with Crippen LogP contribution in [0.5, 0.6) is 0 Å². The number of benzene rings is 1. The quantitative estimate of drug-likeness (QED) is 0.799. The van der Waals surface area contributed by atoms with E-state index in [9.17, 15) is 18.0 Å². The Hall–Kier alpha value is -1.64. The zero-order valence-electron chi connectivity index (χ0n) is 15.3. The van der Waals surface area contributed by atoms with Gasteiger partial charge in [0.1, 0.15) is 0 Å². The highest BCUT2D eigenvalue weighted by Crippen LogP contribution is 2.29. The molecule has 2 aliphatic heterocycles. The number of nitrogens with zero attached hydrogens (tertiary/aromatic N) is 2. The second-order valence-corrected chi connectivity index (χ2v) is 9.55. The second-order valence-electron chi connectivity index (χ2n) is 6.86. The molecule has 7 nitrogen and oxygen atoms in total. The minimum Gasteiger partial charge on any atom is -0.349 e. The summed E-state index contributed by atoms with van der Waals surface area (Å²) in [4.78, 5) is 26.5. The molecule has 9 heteroatoms. The number of piperidine rings is 1. The number of carbonyl (C=O) groups excluding carboxylic acids is 2. The summed E-state index contributed by atoms with van der Waals surface area (Å²) in [5.74, 6) is -0.190. The van der Waals surface area contributed by atoms with Crippen molar-refractivity contribution in [3.05, 3.63) is 28.8 Å². The van der Waals surface area contributed by atoms with E-state index in [4.69, 9.17) is 11.6 Å². The molecule has 1 aromatic rings. The van der Waals surface area contributed by atoms with Gasteiger partial charge in [-0.2, -0.15) is 0 Å². The molecule has 2 heterocycles. The number of sulfonamides is 1. The minimum absolute atomic E-state index is 0.00982. The maximum absolute atomic E-state index is 12.8. The number of rotatable bonds is 5. The fourth-order valence-corrected chi connectivity index (χ4v) is 4.85. The Morgan fingerprint density at radius 2 is 1.96 bits per heavy atom. The van der Waals surface area contributed by atoms with Crippen LogP contribution in [0.1, 0.15) is 43.0 Å². The van der Waals surface area contributed by atoms with Crippen LogP contribution in [0.3, 0.4) is 0 Å². The lowest BCUT2D eigenvalue weighted by molar-refractivity contribution is -0.117. The van der Waals surface area contributed by atoms with E-state index in [0.717, 1.165) is 6.42 Å². The van der Waals surface area contributed by atoms with E-state index in [1.165, 1.54) is 4.31 Å². The van der Waals surface area contributed by atoms with E-state index in [0.29, 0.717) is 55.2 Å². The van der Waals surface area contributed by atoms with Crippen LogP contribution in [-0.2, 0) is 14.8 Å². The first-order valence-electron chi connectivity index (χ1n) is 9.20. The van der Waals surface area contributed by atoms with Crippen LogP contribution in [0.15, 0.2) is 18.2 Å². The van der Waals surface area contributed by atoms with Gasteiger partial charge in [-0.25, -0.2) is 12.7 Å². The van der Waals surface area contributed by atoms with Crippen molar-refractivity contribution in [2.45, 2.75) is 38.6 Å². The van der Waals surface area contributed by atoms with E-state index in [1.54, 1.807) is 30.0 Å². The summed E-state index contributed by atoms with van der Waals surface area (Å²) >= 11 is 6.08. The summed E-state index contributed by atoms with van der Waals surface area (Å²) in [7, 11) is -3.19. The molecule has 0 aliphatic carbocycles. The van der Waals surface area contributed by atoms with Gasteiger partial charge in [0.15, 0.2) is 0 Å². The number of hydrogen-bond donors (Lipinski definition) is 1. The van der Waals surface area contributed by atoms with Gasteiger partial charge in [0.05, 0.1) is 17.0 Å². The van der Waals surface area contributed by atoms with Crippen LogP contribution in [0.2, 0.25) is 5.02 Å². The number of hydrogen-bond acceptors (Lipinski definition) is 4. The SMILES string of the molecule is CCS(=O)(=O)N1CCC(NC(=O)c2ccc(Cl)cc2N2CCCC2=O)CC1. The predicted molar refractivity (Wildman–Crippen MR) is 105 cm³/mol. The zero-order valence-corrected chi connectivity index (χ0v) is 16.9. The van der Waals surface area contributed by atoms with Gasteiger partial charge in [-0.1, -0.05) is 11.6 Å². The summed E-state index contributed by atoms with van der Waals surface area (Å²) in [6.07, 6.45) is 2.36. The molecule has 0 radical (unpaired) electrons. The van der Waals surface area contributed by atoms with Gasteiger partial charge in [0, 0.05) is 37.1 Å². The highest BCUT2D eigenvalue weighted by molar-refractivity contribution is 7.89. The van der Waals surface area contributed by atoms with Crippen molar-refractivity contribution in [2.24, 2.45) is 0 Å². The lowest BCUT2D eigenvalue weighted by Gasteiger charge is -2.31. The molecule has 2 aliphatic rings. The molecule has 0 aromatic heterocycles. The summed E-state index contributed by atoms with van der Waals surface area (Å²) in [6.45, 7) is 3.01. The van der Waals surface area contributed by atoms with Gasteiger partial charge >= 0.3 is 0 Å². The van der Waals surface area contributed by atoms with Crippen molar-refractivity contribution in [2.75, 3.05) is 30.3 Å². The van der Waals surface area contributed by atoms with Crippen molar-refractivity contribution in [1.29, 1.82) is 0 Å². The van der Waals surface area contributed by atoms with Crippen LogP contribution < -0.4 is 10.2 Å². The molecular weight excluding hydrogens is 390 g/mol. The molecular formula is C18H24ClN3O4S.